The predicted molar refractivity (Wildman–Crippen MR) is 74.3 cm³/mol. The Balaban J connectivity index is 1.51. The normalized spacial score (nSPS) is 23.6. The molecule has 0 unspecified atom stereocenters. The number of hydrogen-bond donors (Lipinski definition) is 1. The van der Waals surface area contributed by atoms with Gasteiger partial charge in [0.15, 0.2) is 0 Å². The molecule has 100 valence electrons. The Morgan fingerprint density at radius 2 is 1.71 bits per heavy atom. The third kappa shape index (κ3) is 4.97. The molecule has 0 amide bonds. The van der Waals surface area contributed by atoms with Crippen molar-refractivity contribution in [3.8, 4) is 0 Å². The highest BCUT2D eigenvalue weighted by Gasteiger charge is 2.17. The molecule has 0 aromatic heterocycles. The van der Waals surface area contributed by atoms with E-state index in [1.165, 1.54) is 77.5 Å². The molecule has 1 saturated carbocycles. The summed E-state index contributed by atoms with van der Waals surface area (Å²) in [7, 11) is 2.32. The minimum atomic E-state index is 1.01. The Hall–Kier alpha value is -0.0800. The van der Waals surface area contributed by atoms with Gasteiger partial charge in [0.2, 0.25) is 0 Å². The van der Waals surface area contributed by atoms with Crippen LogP contribution in [0, 0.1) is 11.8 Å². The molecule has 2 aliphatic rings. The first-order valence-corrected chi connectivity index (χ1v) is 7.74. The number of nitrogens with one attached hydrogen (secondary N) is 1. The van der Waals surface area contributed by atoms with Crippen molar-refractivity contribution in [1.29, 1.82) is 0 Å². The summed E-state index contributed by atoms with van der Waals surface area (Å²) in [4.78, 5) is 2.58. The van der Waals surface area contributed by atoms with Crippen molar-refractivity contribution in [3.63, 3.8) is 0 Å². The first-order chi connectivity index (χ1) is 8.34. The van der Waals surface area contributed by atoms with Gasteiger partial charge in [0.05, 0.1) is 0 Å². The first kappa shape index (κ1) is 13.4. The van der Waals surface area contributed by atoms with Gasteiger partial charge in [-0.2, -0.15) is 0 Å². The van der Waals surface area contributed by atoms with E-state index >= 15 is 0 Å². The summed E-state index contributed by atoms with van der Waals surface area (Å²) in [5.74, 6) is 2.02. The van der Waals surface area contributed by atoms with E-state index in [2.05, 4.69) is 17.3 Å². The summed E-state index contributed by atoms with van der Waals surface area (Å²) in [6.07, 6.45) is 11.6. The number of piperidine rings is 1. The lowest BCUT2D eigenvalue weighted by Gasteiger charge is -2.24. The molecule has 0 spiro atoms. The minimum Gasteiger partial charge on any atom is -0.317 e. The van der Waals surface area contributed by atoms with Gasteiger partial charge in [-0.25, -0.2) is 0 Å². The van der Waals surface area contributed by atoms with Crippen LogP contribution in [-0.2, 0) is 0 Å². The molecule has 1 aliphatic heterocycles. The fourth-order valence-corrected chi connectivity index (χ4v) is 3.55. The quantitative estimate of drug-likeness (QED) is 0.765. The van der Waals surface area contributed by atoms with Crippen LogP contribution in [-0.4, -0.2) is 38.1 Å². The summed E-state index contributed by atoms with van der Waals surface area (Å²) in [5, 5.41) is 3.45. The molecule has 1 N–H and O–H groups in total. The van der Waals surface area contributed by atoms with Gasteiger partial charge in [-0.05, 0) is 77.0 Å². The monoisotopic (exact) mass is 238 g/mol. The molecule has 0 radical (unpaired) electrons. The van der Waals surface area contributed by atoms with Crippen LogP contribution in [0.4, 0.5) is 0 Å². The Morgan fingerprint density at radius 1 is 1.00 bits per heavy atom. The van der Waals surface area contributed by atoms with Crippen LogP contribution in [0.25, 0.3) is 0 Å². The van der Waals surface area contributed by atoms with Crippen molar-refractivity contribution < 1.29 is 0 Å². The average molecular weight is 238 g/mol. The number of nitrogens with zero attached hydrogens (tertiary/aromatic N) is 1. The Labute approximate surface area is 107 Å². The van der Waals surface area contributed by atoms with Gasteiger partial charge in [-0.15, -0.1) is 0 Å². The maximum absolute atomic E-state index is 3.45. The fourth-order valence-electron chi connectivity index (χ4n) is 3.55. The summed E-state index contributed by atoms with van der Waals surface area (Å²) >= 11 is 0. The summed E-state index contributed by atoms with van der Waals surface area (Å²) in [6, 6.07) is 0. The largest absolute Gasteiger partial charge is 0.317 e. The standard InChI is InChI=1S/C15H30N2/c1-17(13-15-5-2-3-6-15)12-4-7-14-8-10-16-11-9-14/h14-16H,2-13H2,1H3. The van der Waals surface area contributed by atoms with E-state index in [1.54, 1.807) is 0 Å². The van der Waals surface area contributed by atoms with E-state index in [0.717, 1.165) is 11.8 Å². The zero-order valence-electron chi connectivity index (χ0n) is 11.6. The average Bonchev–Trinajstić information content (AvgIpc) is 2.83. The van der Waals surface area contributed by atoms with Gasteiger partial charge in [-0.3, -0.25) is 0 Å². The van der Waals surface area contributed by atoms with Gasteiger partial charge in [0, 0.05) is 6.54 Å². The highest BCUT2D eigenvalue weighted by Crippen LogP contribution is 2.25. The van der Waals surface area contributed by atoms with Crippen molar-refractivity contribution in [2.45, 2.75) is 51.4 Å². The van der Waals surface area contributed by atoms with E-state index in [0.29, 0.717) is 0 Å². The van der Waals surface area contributed by atoms with E-state index in [-0.39, 0.29) is 0 Å². The molecule has 2 heteroatoms. The maximum Gasteiger partial charge on any atom is 0.000661 e. The van der Waals surface area contributed by atoms with Crippen molar-refractivity contribution in [2.24, 2.45) is 11.8 Å². The summed E-state index contributed by atoms with van der Waals surface area (Å²) in [6.45, 7) is 5.18. The second-order valence-electron chi connectivity index (χ2n) is 6.25. The molecule has 2 rings (SSSR count). The van der Waals surface area contributed by atoms with Crippen molar-refractivity contribution in [3.05, 3.63) is 0 Å². The lowest BCUT2D eigenvalue weighted by molar-refractivity contribution is 0.257. The molecule has 0 aromatic carbocycles. The molecule has 2 fully saturated rings. The summed E-state index contributed by atoms with van der Waals surface area (Å²) in [5.41, 5.74) is 0. The number of hydrogen-bond acceptors (Lipinski definition) is 2. The number of rotatable bonds is 6. The van der Waals surface area contributed by atoms with Crippen molar-refractivity contribution >= 4 is 0 Å². The van der Waals surface area contributed by atoms with Crippen LogP contribution >= 0.6 is 0 Å². The first-order valence-electron chi connectivity index (χ1n) is 7.74. The molecule has 2 nitrogen and oxygen atoms in total. The van der Waals surface area contributed by atoms with Crippen LogP contribution in [0.1, 0.15) is 51.4 Å². The van der Waals surface area contributed by atoms with Gasteiger partial charge in [-0.1, -0.05) is 12.8 Å². The van der Waals surface area contributed by atoms with Crippen LogP contribution in [0.5, 0.6) is 0 Å². The third-order valence-electron chi connectivity index (χ3n) is 4.66. The Kier molecular flexibility index (Phi) is 5.79. The smallest absolute Gasteiger partial charge is 0.000661 e. The fraction of sp³-hybridized carbons (Fsp3) is 1.00. The van der Waals surface area contributed by atoms with Crippen LogP contribution in [0.2, 0.25) is 0 Å². The van der Waals surface area contributed by atoms with Crippen molar-refractivity contribution in [2.75, 3.05) is 33.2 Å². The third-order valence-corrected chi connectivity index (χ3v) is 4.66. The highest BCUT2D eigenvalue weighted by atomic mass is 15.1. The van der Waals surface area contributed by atoms with Gasteiger partial charge in [0.25, 0.3) is 0 Å². The van der Waals surface area contributed by atoms with Gasteiger partial charge in [0.1, 0.15) is 0 Å². The molecule has 1 heterocycles. The summed E-state index contributed by atoms with van der Waals surface area (Å²) < 4.78 is 0. The van der Waals surface area contributed by atoms with E-state index < -0.39 is 0 Å². The van der Waals surface area contributed by atoms with Crippen molar-refractivity contribution in [1.82, 2.24) is 10.2 Å². The van der Waals surface area contributed by atoms with Gasteiger partial charge >= 0.3 is 0 Å². The minimum absolute atomic E-state index is 1.01. The Bertz CT molecular complexity index is 193. The van der Waals surface area contributed by atoms with Gasteiger partial charge < -0.3 is 10.2 Å². The van der Waals surface area contributed by atoms with E-state index in [1.807, 2.05) is 0 Å². The SMILES string of the molecule is CN(CCCC1CCNCC1)CC1CCCC1. The lowest BCUT2D eigenvalue weighted by atomic mass is 9.93. The lowest BCUT2D eigenvalue weighted by Crippen LogP contribution is -2.29. The zero-order valence-corrected chi connectivity index (χ0v) is 11.6. The van der Waals surface area contributed by atoms with Crippen LogP contribution < -0.4 is 5.32 Å². The second-order valence-corrected chi connectivity index (χ2v) is 6.25. The molecule has 17 heavy (non-hydrogen) atoms. The van der Waals surface area contributed by atoms with E-state index in [9.17, 15) is 0 Å². The van der Waals surface area contributed by atoms with Crippen LogP contribution in [0.3, 0.4) is 0 Å². The molecule has 0 bridgehead atoms. The molecular weight excluding hydrogens is 208 g/mol. The van der Waals surface area contributed by atoms with Crippen LogP contribution in [0.15, 0.2) is 0 Å². The highest BCUT2D eigenvalue weighted by molar-refractivity contribution is 4.72. The molecule has 1 saturated heterocycles. The Morgan fingerprint density at radius 3 is 2.41 bits per heavy atom. The zero-order chi connectivity index (χ0) is 11.9. The predicted octanol–water partition coefficient (Wildman–Crippen LogP) is 2.89. The molecule has 0 aromatic rings. The second kappa shape index (κ2) is 7.38. The molecule has 0 atom stereocenters. The maximum atomic E-state index is 3.45. The molecular formula is C15H30N2. The van der Waals surface area contributed by atoms with E-state index in [4.69, 9.17) is 0 Å². The topological polar surface area (TPSA) is 15.3 Å². The molecule has 1 aliphatic carbocycles.